The Bertz CT molecular complexity index is 3470. The van der Waals surface area contributed by atoms with Gasteiger partial charge in [0.1, 0.15) is 17.3 Å². The van der Waals surface area contributed by atoms with Crippen molar-refractivity contribution in [3.05, 3.63) is 180 Å². The first-order valence-corrected chi connectivity index (χ1v) is 23.6. The van der Waals surface area contributed by atoms with Crippen LogP contribution in [0, 0.1) is 5.41 Å². The number of nitrogens with one attached hydrogen (secondary N) is 2. The Morgan fingerprint density at radius 2 is 1.40 bits per heavy atom. The molecule has 10 rings (SSSR count). The average molecular weight is 879 g/mol. The van der Waals surface area contributed by atoms with E-state index in [1.807, 2.05) is 23.8 Å². The topological polar surface area (TPSA) is 70.6 Å². The summed E-state index contributed by atoms with van der Waals surface area (Å²) in [6.45, 7) is 26.9. The van der Waals surface area contributed by atoms with Gasteiger partial charge in [0.25, 0.3) is 6.71 Å². The van der Waals surface area contributed by atoms with Gasteiger partial charge in [0.2, 0.25) is 5.96 Å². The molecular weight excluding hydrogens is 820 g/mol. The lowest BCUT2D eigenvalue weighted by atomic mass is 9.33. The Morgan fingerprint density at radius 1 is 0.761 bits per heavy atom. The third-order valence-corrected chi connectivity index (χ3v) is 13.8. The third-order valence-electron chi connectivity index (χ3n) is 13.8. The van der Waals surface area contributed by atoms with E-state index in [4.69, 9.17) is 16.3 Å². The molecule has 0 fully saturated rings. The van der Waals surface area contributed by atoms with Crippen LogP contribution in [0.25, 0.3) is 49.3 Å². The van der Waals surface area contributed by atoms with Crippen molar-refractivity contribution in [3.8, 4) is 17.2 Å². The van der Waals surface area contributed by atoms with E-state index in [2.05, 4.69) is 198 Å². The van der Waals surface area contributed by atoms with Crippen LogP contribution < -0.4 is 25.9 Å². The summed E-state index contributed by atoms with van der Waals surface area (Å²) in [5, 5.41) is 17.5. The molecule has 8 heteroatoms. The number of hydrogen-bond donors (Lipinski definition) is 2. The molecule has 4 heterocycles. The number of ether oxygens (including phenoxy) is 1. The van der Waals surface area contributed by atoms with Crippen molar-refractivity contribution in [1.29, 1.82) is 5.41 Å². The van der Waals surface area contributed by atoms with E-state index in [0.717, 1.165) is 102 Å². The minimum Gasteiger partial charge on any atom is -0.458 e. The molecule has 0 spiro atoms. The van der Waals surface area contributed by atoms with E-state index in [9.17, 15) is 5.41 Å². The van der Waals surface area contributed by atoms with Gasteiger partial charge in [0, 0.05) is 57.3 Å². The summed E-state index contributed by atoms with van der Waals surface area (Å²) in [6, 6.07) is 41.2. The van der Waals surface area contributed by atoms with Crippen LogP contribution in [-0.2, 0) is 10.8 Å². The van der Waals surface area contributed by atoms with Gasteiger partial charge < -0.3 is 19.5 Å². The van der Waals surface area contributed by atoms with Crippen molar-refractivity contribution in [2.45, 2.75) is 79.1 Å². The predicted molar refractivity (Wildman–Crippen MR) is 286 cm³/mol. The van der Waals surface area contributed by atoms with Crippen LogP contribution >= 0.6 is 0 Å². The highest BCUT2D eigenvalue weighted by atomic mass is 16.5. The van der Waals surface area contributed by atoms with Gasteiger partial charge in [-0.2, -0.15) is 4.99 Å². The van der Waals surface area contributed by atoms with Crippen molar-refractivity contribution in [2.75, 3.05) is 11.9 Å². The molecule has 0 radical (unpaired) electrons. The van der Waals surface area contributed by atoms with E-state index in [0.29, 0.717) is 5.84 Å². The molecule has 2 aliphatic rings. The maximum Gasteiger partial charge on any atom is 0.255 e. The summed E-state index contributed by atoms with van der Waals surface area (Å²) in [5.41, 5.74) is 14.7. The van der Waals surface area contributed by atoms with Gasteiger partial charge in [-0.25, -0.2) is 0 Å². The third kappa shape index (κ3) is 6.95. The molecule has 6 aromatic carbocycles. The van der Waals surface area contributed by atoms with Crippen LogP contribution in [0.15, 0.2) is 169 Å². The van der Waals surface area contributed by atoms with Gasteiger partial charge in [-0.3, -0.25) is 9.98 Å². The van der Waals surface area contributed by atoms with Gasteiger partial charge in [0.15, 0.2) is 0 Å². The number of anilines is 1. The van der Waals surface area contributed by atoms with Crippen molar-refractivity contribution >= 4 is 78.7 Å². The molecule has 0 bridgehead atoms. The first-order chi connectivity index (χ1) is 32.2. The molecule has 0 atom stereocenters. The summed E-state index contributed by atoms with van der Waals surface area (Å²) in [6.07, 6.45) is 8.03. The van der Waals surface area contributed by atoms with E-state index < -0.39 is 0 Å². The van der Waals surface area contributed by atoms with Crippen molar-refractivity contribution in [2.24, 2.45) is 4.99 Å². The highest BCUT2D eigenvalue weighted by molar-refractivity contribution is 6.94. The quantitative estimate of drug-likeness (QED) is 0.0725. The van der Waals surface area contributed by atoms with Crippen LogP contribution in [0.3, 0.4) is 0 Å². The molecule has 0 amide bonds. The Balaban J connectivity index is 1.28. The van der Waals surface area contributed by atoms with Crippen molar-refractivity contribution in [3.63, 3.8) is 0 Å². The summed E-state index contributed by atoms with van der Waals surface area (Å²) in [7, 11) is 1.87. The fourth-order valence-electron chi connectivity index (χ4n) is 10.5. The lowest BCUT2D eigenvalue weighted by Crippen LogP contribution is -2.54. The van der Waals surface area contributed by atoms with Gasteiger partial charge in [0.05, 0.1) is 27.8 Å². The molecule has 67 heavy (non-hydrogen) atoms. The Kier molecular flexibility index (Phi) is 10.6. The SMILES string of the molecule is C=CC1=C(CC)N(C(=C)/C=C\CC)c2cc(-n3c4ccccc4c4ccc5c6ccccc6n(C(=N)/N=C(\NC)c6ccc(C(C)(C)C)cc6)c5c43)cc3c2B1c1cc(C(C)(C)C)ccc1O3. The number of benzene rings is 6. The molecule has 334 valence electrons. The second-order valence-electron chi connectivity index (χ2n) is 19.9. The largest absolute Gasteiger partial charge is 0.458 e. The fourth-order valence-corrected chi connectivity index (χ4v) is 10.5. The van der Waals surface area contributed by atoms with E-state index >= 15 is 0 Å². The van der Waals surface area contributed by atoms with E-state index in [1.54, 1.807) is 0 Å². The van der Waals surface area contributed by atoms with E-state index in [1.165, 1.54) is 22.3 Å². The zero-order chi connectivity index (χ0) is 47.1. The summed E-state index contributed by atoms with van der Waals surface area (Å²) in [5.74, 6) is 2.38. The molecule has 2 aliphatic heterocycles. The van der Waals surface area contributed by atoms with Gasteiger partial charge in [-0.1, -0.05) is 166 Å². The molecule has 7 nitrogen and oxygen atoms in total. The molecule has 2 N–H and O–H groups in total. The predicted octanol–water partition coefficient (Wildman–Crippen LogP) is 13.3. The number of aromatic nitrogens is 2. The number of nitrogens with zero attached hydrogens (tertiary/aromatic N) is 4. The number of aliphatic imine (C=N–C) groups is 1. The van der Waals surface area contributed by atoms with Crippen LogP contribution in [0.2, 0.25) is 0 Å². The molecule has 2 aromatic heterocycles. The maximum atomic E-state index is 9.94. The fraction of sp³-hybridized carbons (Fsp3) is 0.220. The average Bonchev–Trinajstić information content (AvgIpc) is 3.84. The smallest absolute Gasteiger partial charge is 0.255 e. The molecule has 0 aliphatic carbocycles. The first kappa shape index (κ1) is 43.6. The summed E-state index contributed by atoms with van der Waals surface area (Å²) < 4.78 is 11.5. The second-order valence-corrected chi connectivity index (χ2v) is 19.9. The van der Waals surface area contributed by atoms with Gasteiger partial charge >= 0.3 is 0 Å². The Morgan fingerprint density at radius 3 is 2.04 bits per heavy atom. The molecule has 0 saturated carbocycles. The molecular formula is C59H59BN6O. The zero-order valence-corrected chi connectivity index (χ0v) is 40.3. The van der Waals surface area contributed by atoms with Crippen LogP contribution in [0.1, 0.15) is 84.9 Å². The van der Waals surface area contributed by atoms with Crippen LogP contribution in [-0.4, -0.2) is 34.7 Å². The molecule has 8 aromatic rings. The Labute approximate surface area is 395 Å². The maximum absolute atomic E-state index is 9.94. The number of amidine groups is 1. The van der Waals surface area contributed by atoms with Gasteiger partial charge in [-0.15, -0.1) is 0 Å². The zero-order valence-electron chi connectivity index (χ0n) is 40.3. The lowest BCUT2D eigenvalue weighted by Gasteiger charge is -2.41. The minimum absolute atomic E-state index is 0.0150. The first-order valence-electron chi connectivity index (χ1n) is 23.6. The van der Waals surface area contributed by atoms with Crippen LogP contribution in [0.4, 0.5) is 5.69 Å². The monoisotopic (exact) mass is 878 g/mol. The standard InChI is InChI=1S/C59H59BN6O/c1-12-15-20-36(4)64-47(14-3)45(13-2)60-46-33-39(59(8,9)10)29-32-51(46)67-52-35-40(34-50(64)53(52)60)65-48-23-18-16-21-41(48)43-30-31-44-42-22-17-19-24-49(42)66(55(44)54(43)65)57(61)63-56(62-11)37-25-27-38(28-26-37)58(5,6)7/h13,15-35H,2,4,12,14H2,1,3,5-11H3,(H2,61,62,63)/b20-15-. The van der Waals surface area contributed by atoms with Crippen molar-refractivity contribution < 1.29 is 4.74 Å². The summed E-state index contributed by atoms with van der Waals surface area (Å²) >= 11 is 0. The molecule has 0 saturated heterocycles. The highest BCUT2D eigenvalue weighted by Crippen LogP contribution is 2.45. The normalized spacial score (nSPS) is 14.1. The van der Waals surface area contributed by atoms with Crippen molar-refractivity contribution in [1.82, 2.24) is 14.5 Å². The number of allylic oxidation sites excluding steroid dienone is 5. The minimum atomic E-state index is -0.0893. The number of fused-ring (bicyclic) bond motifs is 9. The highest BCUT2D eigenvalue weighted by Gasteiger charge is 2.43. The van der Waals surface area contributed by atoms with Gasteiger partial charge in [-0.05, 0) is 81.5 Å². The van der Waals surface area contributed by atoms with Crippen LogP contribution in [0.5, 0.6) is 11.5 Å². The van der Waals surface area contributed by atoms with E-state index in [-0.39, 0.29) is 23.5 Å². The summed E-state index contributed by atoms with van der Waals surface area (Å²) in [4.78, 5) is 7.42. The number of rotatable bonds is 7. The molecule has 0 unspecified atom stereocenters. The lowest BCUT2D eigenvalue weighted by molar-refractivity contribution is 0.486. The second kappa shape index (κ2) is 16.2. The Hall–Kier alpha value is -7.32. The number of hydrogen-bond acceptors (Lipinski definition) is 3. The number of para-hydroxylation sites is 2.